The van der Waals surface area contributed by atoms with E-state index in [0.29, 0.717) is 23.3 Å². The molecule has 0 saturated carbocycles. The van der Waals surface area contributed by atoms with Crippen molar-refractivity contribution in [2.45, 2.75) is 38.5 Å². The molecule has 0 aliphatic carbocycles. The summed E-state index contributed by atoms with van der Waals surface area (Å²) < 4.78 is 9.69. The van der Waals surface area contributed by atoms with Crippen LogP contribution >= 0.6 is 0 Å². The van der Waals surface area contributed by atoms with Crippen LogP contribution in [0.1, 0.15) is 47.9 Å². The smallest absolute Gasteiger partial charge is 0.292 e. The maximum Gasteiger partial charge on any atom is 0.292 e. The molecular weight excluding hydrogens is 372 g/mol. The van der Waals surface area contributed by atoms with E-state index in [0.717, 1.165) is 12.8 Å². The zero-order chi connectivity index (χ0) is 21.3. The van der Waals surface area contributed by atoms with Gasteiger partial charge in [0, 0.05) is 0 Å². The SMILES string of the molecule is C[C@@H](Cc1ccc(OC#N)cc1)c1cccc([C@@H](C)Cc2ccc(OC#N)cc2)c1. The van der Waals surface area contributed by atoms with Gasteiger partial charge < -0.3 is 9.47 Å². The van der Waals surface area contributed by atoms with Crippen LogP contribution in [0.5, 0.6) is 11.5 Å². The van der Waals surface area contributed by atoms with Gasteiger partial charge in [-0.25, -0.2) is 0 Å². The Kier molecular flexibility index (Phi) is 7.09. The Labute approximate surface area is 177 Å². The highest BCUT2D eigenvalue weighted by molar-refractivity contribution is 5.34. The first-order valence-corrected chi connectivity index (χ1v) is 9.98. The highest BCUT2D eigenvalue weighted by atomic mass is 16.5. The first-order valence-electron chi connectivity index (χ1n) is 9.98. The summed E-state index contributed by atoms with van der Waals surface area (Å²) in [6, 6.07) is 24.2. The quantitative estimate of drug-likeness (QED) is 0.432. The lowest BCUT2D eigenvalue weighted by Crippen LogP contribution is -2.03. The van der Waals surface area contributed by atoms with Gasteiger partial charge in [-0.05, 0) is 71.2 Å². The van der Waals surface area contributed by atoms with Crippen LogP contribution in [0, 0.1) is 23.0 Å². The Morgan fingerprint density at radius 2 is 1.07 bits per heavy atom. The molecule has 0 fully saturated rings. The molecule has 3 aromatic rings. The molecule has 0 N–H and O–H groups in total. The highest BCUT2D eigenvalue weighted by Gasteiger charge is 2.12. The van der Waals surface area contributed by atoms with Crippen molar-refractivity contribution in [2.75, 3.05) is 0 Å². The van der Waals surface area contributed by atoms with Gasteiger partial charge in [-0.2, -0.15) is 0 Å². The van der Waals surface area contributed by atoms with Crippen LogP contribution in [0.25, 0.3) is 0 Å². The summed E-state index contributed by atoms with van der Waals surface area (Å²) >= 11 is 0. The van der Waals surface area contributed by atoms with Crippen molar-refractivity contribution in [3.8, 4) is 24.0 Å². The van der Waals surface area contributed by atoms with E-state index in [1.807, 2.05) is 48.5 Å². The Morgan fingerprint density at radius 3 is 1.43 bits per heavy atom. The number of ether oxygens (including phenoxy) is 2. The van der Waals surface area contributed by atoms with E-state index in [9.17, 15) is 0 Å². The van der Waals surface area contributed by atoms with E-state index in [2.05, 4.69) is 38.1 Å². The molecule has 0 unspecified atom stereocenters. The Balaban J connectivity index is 1.65. The number of hydrogen-bond donors (Lipinski definition) is 0. The average molecular weight is 396 g/mol. The molecule has 0 radical (unpaired) electrons. The number of nitrogens with zero attached hydrogens (tertiary/aromatic N) is 2. The van der Waals surface area contributed by atoms with E-state index in [1.165, 1.54) is 22.3 Å². The largest absolute Gasteiger partial charge is 0.388 e. The minimum atomic E-state index is 0.377. The summed E-state index contributed by atoms with van der Waals surface area (Å²) in [5, 5.41) is 17.2. The molecular formula is C26H24N2O2. The van der Waals surface area contributed by atoms with Crippen molar-refractivity contribution < 1.29 is 9.47 Å². The number of rotatable bonds is 8. The van der Waals surface area contributed by atoms with Gasteiger partial charge in [-0.15, -0.1) is 10.5 Å². The average Bonchev–Trinajstić information content (AvgIpc) is 2.77. The Bertz CT molecular complexity index is 961. The van der Waals surface area contributed by atoms with Gasteiger partial charge in [0.05, 0.1) is 0 Å². The summed E-state index contributed by atoms with van der Waals surface area (Å²) in [7, 11) is 0. The van der Waals surface area contributed by atoms with Crippen molar-refractivity contribution in [3.63, 3.8) is 0 Å². The second kappa shape index (κ2) is 10.1. The molecule has 0 aromatic heterocycles. The molecule has 4 heteroatoms. The monoisotopic (exact) mass is 396 g/mol. The zero-order valence-electron chi connectivity index (χ0n) is 17.2. The summed E-state index contributed by atoms with van der Waals surface area (Å²) in [4.78, 5) is 0. The molecule has 3 aromatic carbocycles. The summed E-state index contributed by atoms with van der Waals surface area (Å²) in [5.41, 5.74) is 5.06. The highest BCUT2D eigenvalue weighted by Crippen LogP contribution is 2.27. The fourth-order valence-corrected chi connectivity index (χ4v) is 3.61. The minimum Gasteiger partial charge on any atom is -0.388 e. The maximum atomic E-state index is 8.59. The molecule has 0 spiro atoms. The molecule has 150 valence electrons. The molecule has 3 rings (SSSR count). The van der Waals surface area contributed by atoms with E-state index in [4.69, 9.17) is 20.0 Å². The van der Waals surface area contributed by atoms with Crippen LogP contribution in [0.4, 0.5) is 0 Å². The minimum absolute atomic E-state index is 0.377. The first-order chi connectivity index (χ1) is 14.6. The van der Waals surface area contributed by atoms with Crippen LogP contribution in [0.15, 0.2) is 72.8 Å². The first kappa shape index (κ1) is 21.0. The molecule has 2 atom stereocenters. The molecule has 0 aliphatic heterocycles. The number of nitriles is 2. The normalized spacial score (nSPS) is 12.3. The van der Waals surface area contributed by atoms with E-state index in [-0.39, 0.29) is 0 Å². The van der Waals surface area contributed by atoms with E-state index < -0.39 is 0 Å². The number of benzene rings is 3. The van der Waals surface area contributed by atoms with Crippen molar-refractivity contribution in [1.82, 2.24) is 0 Å². The fraction of sp³-hybridized carbons (Fsp3) is 0.231. The lowest BCUT2D eigenvalue weighted by molar-refractivity contribution is 0.506. The third kappa shape index (κ3) is 5.63. The van der Waals surface area contributed by atoms with Crippen LogP contribution in [-0.4, -0.2) is 0 Å². The second-order valence-corrected chi connectivity index (χ2v) is 7.56. The molecule has 4 nitrogen and oxygen atoms in total. The fourth-order valence-electron chi connectivity index (χ4n) is 3.61. The van der Waals surface area contributed by atoms with E-state index in [1.54, 1.807) is 12.5 Å². The van der Waals surface area contributed by atoms with Crippen LogP contribution in [0.2, 0.25) is 0 Å². The van der Waals surface area contributed by atoms with Crippen molar-refractivity contribution in [1.29, 1.82) is 10.5 Å². The third-order valence-electron chi connectivity index (χ3n) is 5.31. The lowest BCUT2D eigenvalue weighted by atomic mass is 9.88. The molecule has 0 amide bonds. The standard InChI is InChI=1S/C26H24N2O2/c1-19(14-21-6-10-25(11-7-21)29-17-27)23-4-3-5-24(16-23)20(2)15-22-8-12-26(13-9-22)30-18-28/h3-13,16,19-20H,14-15H2,1-2H3/t19-,20-/m0/s1. The summed E-state index contributed by atoms with van der Waals surface area (Å²) in [5.74, 6) is 1.89. The van der Waals surface area contributed by atoms with Gasteiger partial charge in [-0.3, -0.25) is 0 Å². The molecule has 0 saturated heterocycles. The molecule has 0 heterocycles. The van der Waals surface area contributed by atoms with Gasteiger partial charge in [-0.1, -0.05) is 62.4 Å². The van der Waals surface area contributed by atoms with Crippen LogP contribution < -0.4 is 9.47 Å². The van der Waals surface area contributed by atoms with Crippen molar-refractivity contribution in [2.24, 2.45) is 0 Å². The molecule has 0 aliphatic rings. The third-order valence-corrected chi connectivity index (χ3v) is 5.31. The van der Waals surface area contributed by atoms with Crippen molar-refractivity contribution >= 4 is 0 Å². The van der Waals surface area contributed by atoms with Gasteiger partial charge in [0.15, 0.2) is 0 Å². The van der Waals surface area contributed by atoms with Gasteiger partial charge in [0.25, 0.3) is 12.5 Å². The zero-order valence-corrected chi connectivity index (χ0v) is 17.2. The molecule has 30 heavy (non-hydrogen) atoms. The van der Waals surface area contributed by atoms with Crippen LogP contribution in [0.3, 0.4) is 0 Å². The Morgan fingerprint density at radius 1 is 0.667 bits per heavy atom. The predicted molar refractivity (Wildman–Crippen MR) is 116 cm³/mol. The predicted octanol–water partition coefficient (Wildman–Crippen LogP) is 6.10. The van der Waals surface area contributed by atoms with E-state index >= 15 is 0 Å². The second-order valence-electron chi connectivity index (χ2n) is 7.56. The topological polar surface area (TPSA) is 66.0 Å². The Hall–Kier alpha value is -3.76. The lowest BCUT2D eigenvalue weighted by Gasteiger charge is -2.17. The van der Waals surface area contributed by atoms with Gasteiger partial charge >= 0.3 is 0 Å². The van der Waals surface area contributed by atoms with Crippen molar-refractivity contribution in [3.05, 3.63) is 95.1 Å². The summed E-state index contributed by atoms with van der Waals surface area (Å²) in [6.07, 6.45) is 5.23. The molecule has 0 bridgehead atoms. The number of hydrogen-bond acceptors (Lipinski definition) is 4. The van der Waals surface area contributed by atoms with Gasteiger partial charge in [0.2, 0.25) is 0 Å². The van der Waals surface area contributed by atoms with Crippen LogP contribution in [-0.2, 0) is 12.8 Å². The maximum absolute atomic E-state index is 8.59. The summed E-state index contributed by atoms with van der Waals surface area (Å²) in [6.45, 7) is 4.47. The van der Waals surface area contributed by atoms with Gasteiger partial charge in [0.1, 0.15) is 11.5 Å².